The van der Waals surface area contributed by atoms with Crippen molar-refractivity contribution in [2.75, 3.05) is 13.2 Å². The van der Waals surface area contributed by atoms with Gasteiger partial charge < -0.3 is 14.9 Å². The minimum absolute atomic E-state index is 0.0253. The van der Waals surface area contributed by atoms with Gasteiger partial charge in [-0.15, -0.1) is 0 Å². The second-order valence-electron chi connectivity index (χ2n) is 3.03. The maximum absolute atomic E-state index is 11.0. The molecule has 0 saturated heterocycles. The van der Waals surface area contributed by atoms with Crippen LogP contribution in [0, 0.1) is 0 Å². The molecule has 0 aliphatic rings. The Balaban J connectivity index is 3.66. The van der Waals surface area contributed by atoms with E-state index < -0.39 is 6.10 Å². The first-order chi connectivity index (χ1) is 6.61. The van der Waals surface area contributed by atoms with Crippen LogP contribution in [0.3, 0.4) is 0 Å². The Morgan fingerprint density at radius 1 is 1.57 bits per heavy atom. The van der Waals surface area contributed by atoms with Gasteiger partial charge in [0, 0.05) is 6.42 Å². The highest BCUT2D eigenvalue weighted by molar-refractivity contribution is 5.69. The highest BCUT2D eigenvalue weighted by Crippen LogP contribution is 2.08. The summed E-state index contributed by atoms with van der Waals surface area (Å²) in [5, 5.41) is 17.8. The third-order valence-electron chi connectivity index (χ3n) is 1.96. The molecule has 0 aromatic rings. The van der Waals surface area contributed by atoms with E-state index in [2.05, 4.69) is 4.74 Å². The fourth-order valence-corrected chi connectivity index (χ4v) is 0.906. The van der Waals surface area contributed by atoms with Gasteiger partial charge in [0.25, 0.3) is 0 Å². The first kappa shape index (κ1) is 13.1. The van der Waals surface area contributed by atoms with E-state index >= 15 is 0 Å². The highest BCUT2D eigenvalue weighted by Gasteiger charge is 2.09. The summed E-state index contributed by atoms with van der Waals surface area (Å²) in [6.45, 7) is 3.51. The van der Waals surface area contributed by atoms with Crippen LogP contribution < -0.4 is 0 Å². The quantitative estimate of drug-likeness (QED) is 0.489. The number of ether oxygens (including phenoxy) is 1. The molecule has 0 spiro atoms. The molecule has 1 unspecified atom stereocenters. The molecule has 0 aromatic carbocycles. The number of hydrogen-bond donors (Lipinski definition) is 2. The van der Waals surface area contributed by atoms with E-state index in [0.29, 0.717) is 6.42 Å². The lowest BCUT2D eigenvalue weighted by atomic mass is 10.1. The molecule has 0 bridgehead atoms. The maximum atomic E-state index is 11.0. The summed E-state index contributed by atoms with van der Waals surface area (Å²) in [6.07, 6.45) is 1.76. The highest BCUT2D eigenvalue weighted by atomic mass is 16.5. The molecule has 1 atom stereocenters. The number of allylic oxidation sites excluding steroid dienone is 1. The molecule has 0 aliphatic carbocycles. The first-order valence-electron chi connectivity index (χ1n) is 4.69. The normalized spacial score (nSPS) is 13.9. The molecule has 4 nitrogen and oxygen atoms in total. The summed E-state index contributed by atoms with van der Waals surface area (Å²) < 4.78 is 4.64. The van der Waals surface area contributed by atoms with Crippen molar-refractivity contribution in [1.29, 1.82) is 0 Å². The van der Waals surface area contributed by atoms with Crippen LogP contribution in [0.5, 0.6) is 0 Å². The lowest BCUT2D eigenvalue weighted by Crippen LogP contribution is -2.14. The number of hydrogen-bond acceptors (Lipinski definition) is 4. The van der Waals surface area contributed by atoms with Gasteiger partial charge in [-0.05, 0) is 25.8 Å². The number of esters is 1. The van der Waals surface area contributed by atoms with Gasteiger partial charge in [0.2, 0.25) is 0 Å². The predicted molar refractivity (Wildman–Crippen MR) is 52.7 cm³/mol. The van der Waals surface area contributed by atoms with E-state index in [-0.39, 0.29) is 25.6 Å². The van der Waals surface area contributed by atoms with Crippen molar-refractivity contribution in [3.63, 3.8) is 0 Å². The third-order valence-corrected chi connectivity index (χ3v) is 1.96. The van der Waals surface area contributed by atoms with Gasteiger partial charge in [0.05, 0.1) is 12.7 Å². The molecule has 0 fully saturated rings. The minimum atomic E-state index is -0.582. The zero-order chi connectivity index (χ0) is 11.0. The number of aliphatic hydroxyl groups excluding tert-OH is 2. The molecule has 2 N–H and O–H groups in total. The molecule has 0 rings (SSSR count). The van der Waals surface area contributed by atoms with Crippen molar-refractivity contribution < 1.29 is 19.7 Å². The largest absolute Gasteiger partial charge is 0.463 e. The molecule has 0 amide bonds. The van der Waals surface area contributed by atoms with Crippen molar-refractivity contribution in [3.05, 3.63) is 11.6 Å². The standard InChI is InChI=1S/C10H18O4/c1-3-8(2)9(12)4-5-10(13)14-7-6-11/h3,9,11-12H,4-7H2,1-2H3. The van der Waals surface area contributed by atoms with Gasteiger partial charge >= 0.3 is 5.97 Å². The Morgan fingerprint density at radius 2 is 2.21 bits per heavy atom. The van der Waals surface area contributed by atoms with E-state index in [1.54, 1.807) is 0 Å². The smallest absolute Gasteiger partial charge is 0.305 e. The van der Waals surface area contributed by atoms with Gasteiger partial charge in [0.15, 0.2) is 0 Å². The van der Waals surface area contributed by atoms with Crippen molar-refractivity contribution in [2.24, 2.45) is 0 Å². The summed E-state index contributed by atoms with van der Waals surface area (Å²) >= 11 is 0. The molecular formula is C10H18O4. The molecule has 14 heavy (non-hydrogen) atoms. The average Bonchev–Trinajstić information content (AvgIpc) is 2.21. The summed E-state index contributed by atoms with van der Waals surface area (Å²) in [6, 6.07) is 0. The minimum Gasteiger partial charge on any atom is -0.463 e. The summed E-state index contributed by atoms with van der Waals surface area (Å²) in [5.41, 5.74) is 0.847. The van der Waals surface area contributed by atoms with E-state index in [9.17, 15) is 9.90 Å². The van der Waals surface area contributed by atoms with Crippen LogP contribution in [-0.4, -0.2) is 35.5 Å². The summed E-state index contributed by atoms with van der Waals surface area (Å²) in [4.78, 5) is 11.0. The zero-order valence-corrected chi connectivity index (χ0v) is 8.69. The monoisotopic (exact) mass is 202 g/mol. The van der Waals surface area contributed by atoms with Crippen LogP contribution in [0.15, 0.2) is 11.6 Å². The second-order valence-corrected chi connectivity index (χ2v) is 3.03. The number of aliphatic hydroxyl groups is 2. The Bertz CT molecular complexity index is 198. The van der Waals surface area contributed by atoms with Crippen LogP contribution >= 0.6 is 0 Å². The Morgan fingerprint density at radius 3 is 2.71 bits per heavy atom. The van der Waals surface area contributed by atoms with Crippen LogP contribution in [0.2, 0.25) is 0 Å². The molecule has 0 heterocycles. The van der Waals surface area contributed by atoms with Crippen molar-refractivity contribution >= 4 is 5.97 Å². The van der Waals surface area contributed by atoms with Crippen LogP contribution in [0.4, 0.5) is 0 Å². The fourth-order valence-electron chi connectivity index (χ4n) is 0.906. The van der Waals surface area contributed by atoms with Crippen molar-refractivity contribution in [2.45, 2.75) is 32.8 Å². The molecule has 82 valence electrons. The SMILES string of the molecule is CC=C(C)C(O)CCC(=O)OCCO. The van der Waals surface area contributed by atoms with Crippen LogP contribution in [0.1, 0.15) is 26.7 Å². The molecular weight excluding hydrogens is 184 g/mol. The van der Waals surface area contributed by atoms with Crippen molar-refractivity contribution in [3.8, 4) is 0 Å². The van der Waals surface area contributed by atoms with E-state index in [0.717, 1.165) is 5.57 Å². The average molecular weight is 202 g/mol. The van der Waals surface area contributed by atoms with E-state index in [1.807, 2.05) is 19.9 Å². The number of rotatable bonds is 6. The molecule has 0 saturated carbocycles. The van der Waals surface area contributed by atoms with E-state index in [4.69, 9.17) is 5.11 Å². The maximum Gasteiger partial charge on any atom is 0.305 e. The number of carbonyl (C=O) groups is 1. The Kier molecular flexibility index (Phi) is 7.06. The van der Waals surface area contributed by atoms with Gasteiger partial charge in [0.1, 0.15) is 6.61 Å². The Labute approximate surface area is 84.2 Å². The molecule has 0 aromatic heterocycles. The van der Waals surface area contributed by atoms with Crippen LogP contribution in [0.25, 0.3) is 0 Å². The fraction of sp³-hybridized carbons (Fsp3) is 0.700. The number of carbonyl (C=O) groups excluding carboxylic acids is 1. The molecule has 0 radical (unpaired) electrons. The van der Waals surface area contributed by atoms with Crippen molar-refractivity contribution in [1.82, 2.24) is 0 Å². The zero-order valence-electron chi connectivity index (χ0n) is 8.69. The lowest BCUT2D eigenvalue weighted by Gasteiger charge is -2.10. The first-order valence-corrected chi connectivity index (χ1v) is 4.69. The topological polar surface area (TPSA) is 66.8 Å². The second kappa shape index (κ2) is 7.53. The molecule has 4 heteroatoms. The predicted octanol–water partition coefficient (Wildman–Crippen LogP) is 0.629. The lowest BCUT2D eigenvalue weighted by molar-refractivity contribution is -0.145. The summed E-state index contributed by atoms with van der Waals surface area (Å²) in [5.74, 6) is -0.387. The summed E-state index contributed by atoms with van der Waals surface area (Å²) in [7, 11) is 0. The van der Waals surface area contributed by atoms with E-state index in [1.165, 1.54) is 0 Å². The van der Waals surface area contributed by atoms with Gasteiger partial charge in [-0.1, -0.05) is 6.08 Å². The molecule has 0 aliphatic heterocycles. The van der Waals surface area contributed by atoms with Crippen LogP contribution in [-0.2, 0) is 9.53 Å². The third kappa shape index (κ3) is 5.72. The van der Waals surface area contributed by atoms with Gasteiger partial charge in [-0.2, -0.15) is 0 Å². The van der Waals surface area contributed by atoms with Gasteiger partial charge in [-0.3, -0.25) is 4.79 Å². The van der Waals surface area contributed by atoms with Gasteiger partial charge in [-0.25, -0.2) is 0 Å². The Hall–Kier alpha value is -0.870.